The van der Waals surface area contributed by atoms with E-state index in [4.69, 9.17) is 23.2 Å². The van der Waals surface area contributed by atoms with Crippen LogP contribution in [0.2, 0.25) is 10.0 Å². The van der Waals surface area contributed by atoms with E-state index in [9.17, 15) is 22.8 Å². The molecule has 0 aromatic heterocycles. The second-order valence-electron chi connectivity index (χ2n) is 6.00. The molecule has 0 unspecified atom stereocenters. The number of halogens is 5. The second kappa shape index (κ2) is 9.87. The van der Waals surface area contributed by atoms with E-state index in [1.54, 1.807) is 0 Å². The summed E-state index contributed by atoms with van der Waals surface area (Å²) in [7, 11) is 0. The largest absolute Gasteiger partial charge is 0.440 e. The highest BCUT2D eigenvalue weighted by molar-refractivity contribution is 6.36. The number of alkyl halides is 3. The molecule has 2 N–H and O–H groups in total. The van der Waals surface area contributed by atoms with Crippen molar-refractivity contribution < 1.29 is 27.5 Å². The molecule has 1 aromatic rings. The SMILES string of the molecule is CC(C)C[C@@H](CNC(=O)c1ccc(Cl)cc1Cl)NC(=O)OCC(F)(F)F. The number of nitrogens with one attached hydrogen (secondary N) is 2. The van der Waals surface area contributed by atoms with Gasteiger partial charge in [-0.25, -0.2) is 4.79 Å². The summed E-state index contributed by atoms with van der Waals surface area (Å²) in [6, 6.07) is 3.75. The number of benzene rings is 1. The molecular formula is C16H19Cl2F3N2O3. The lowest BCUT2D eigenvalue weighted by atomic mass is 10.0. The summed E-state index contributed by atoms with van der Waals surface area (Å²) in [5, 5.41) is 5.44. The average Bonchev–Trinajstić information content (AvgIpc) is 2.49. The first-order valence-electron chi connectivity index (χ1n) is 7.71. The number of ether oxygens (including phenoxy) is 1. The predicted molar refractivity (Wildman–Crippen MR) is 92.6 cm³/mol. The van der Waals surface area contributed by atoms with Crippen LogP contribution >= 0.6 is 23.2 Å². The summed E-state index contributed by atoms with van der Waals surface area (Å²) in [6.45, 7) is 2.05. The van der Waals surface area contributed by atoms with Crippen LogP contribution in [0.4, 0.5) is 18.0 Å². The van der Waals surface area contributed by atoms with Crippen LogP contribution in [0.5, 0.6) is 0 Å². The van der Waals surface area contributed by atoms with Gasteiger partial charge in [0.25, 0.3) is 5.91 Å². The summed E-state index contributed by atoms with van der Waals surface area (Å²) in [5.74, 6) is -0.371. The standard InChI is InChI=1S/C16H19Cl2F3N2O3/c1-9(2)5-11(23-15(25)26-8-16(19,20)21)7-22-14(24)12-4-3-10(17)6-13(12)18/h3-4,6,9,11H,5,7-8H2,1-2H3,(H,22,24)(H,23,25)/t11-/m0/s1. The monoisotopic (exact) mass is 414 g/mol. The van der Waals surface area contributed by atoms with Gasteiger partial charge in [-0.2, -0.15) is 13.2 Å². The van der Waals surface area contributed by atoms with Crippen LogP contribution in [0.1, 0.15) is 30.6 Å². The number of carbonyl (C=O) groups is 2. The van der Waals surface area contributed by atoms with Gasteiger partial charge in [0.1, 0.15) is 0 Å². The zero-order chi connectivity index (χ0) is 19.9. The van der Waals surface area contributed by atoms with Gasteiger partial charge in [-0.05, 0) is 30.5 Å². The molecular weight excluding hydrogens is 396 g/mol. The Morgan fingerprint density at radius 1 is 1.23 bits per heavy atom. The zero-order valence-corrected chi connectivity index (χ0v) is 15.6. The minimum atomic E-state index is -4.61. The number of hydrogen-bond donors (Lipinski definition) is 2. The Hall–Kier alpha value is -1.67. The predicted octanol–water partition coefficient (Wildman–Crippen LogP) is 4.43. The Morgan fingerprint density at radius 2 is 1.88 bits per heavy atom. The average molecular weight is 415 g/mol. The minimum absolute atomic E-state index is 0.00289. The van der Waals surface area contributed by atoms with Crippen molar-refractivity contribution in [3.63, 3.8) is 0 Å². The first kappa shape index (κ1) is 22.4. The Labute approximate surface area is 159 Å². The van der Waals surface area contributed by atoms with E-state index in [1.807, 2.05) is 13.8 Å². The fourth-order valence-corrected chi connectivity index (χ4v) is 2.60. The van der Waals surface area contributed by atoms with E-state index >= 15 is 0 Å². The summed E-state index contributed by atoms with van der Waals surface area (Å²) in [5.41, 5.74) is 0.194. The Balaban J connectivity index is 2.63. The third-order valence-electron chi connectivity index (χ3n) is 3.13. The van der Waals surface area contributed by atoms with Crippen LogP contribution in [-0.2, 0) is 4.74 Å². The molecule has 0 saturated heterocycles. The van der Waals surface area contributed by atoms with Crippen molar-refractivity contribution >= 4 is 35.2 Å². The topological polar surface area (TPSA) is 67.4 Å². The van der Waals surface area contributed by atoms with Crippen molar-refractivity contribution in [2.24, 2.45) is 5.92 Å². The fourth-order valence-electron chi connectivity index (χ4n) is 2.10. The highest BCUT2D eigenvalue weighted by atomic mass is 35.5. The second-order valence-corrected chi connectivity index (χ2v) is 6.84. The highest BCUT2D eigenvalue weighted by Gasteiger charge is 2.30. The molecule has 0 aliphatic heterocycles. The minimum Gasteiger partial charge on any atom is -0.440 e. The molecule has 1 atom stereocenters. The lowest BCUT2D eigenvalue weighted by molar-refractivity contribution is -0.160. The first-order valence-corrected chi connectivity index (χ1v) is 8.47. The highest BCUT2D eigenvalue weighted by Crippen LogP contribution is 2.21. The molecule has 0 saturated carbocycles. The summed E-state index contributed by atoms with van der Waals surface area (Å²) in [6.07, 6.45) is -5.38. The van der Waals surface area contributed by atoms with Crippen LogP contribution < -0.4 is 10.6 Å². The summed E-state index contributed by atoms with van der Waals surface area (Å²) in [4.78, 5) is 23.7. The molecule has 10 heteroatoms. The van der Waals surface area contributed by atoms with Gasteiger partial charge in [-0.15, -0.1) is 0 Å². The number of hydrogen-bond acceptors (Lipinski definition) is 3. The number of alkyl carbamates (subject to hydrolysis) is 1. The Kier molecular flexibility index (Phi) is 8.49. The molecule has 2 amide bonds. The summed E-state index contributed by atoms with van der Waals surface area (Å²) < 4.78 is 40.4. The van der Waals surface area contributed by atoms with E-state index in [-0.39, 0.29) is 23.0 Å². The van der Waals surface area contributed by atoms with Crippen LogP contribution in [0.25, 0.3) is 0 Å². The van der Waals surface area contributed by atoms with Gasteiger partial charge in [-0.3, -0.25) is 4.79 Å². The molecule has 1 aromatic carbocycles. The maximum absolute atomic E-state index is 12.2. The van der Waals surface area contributed by atoms with Crippen LogP contribution in [0.3, 0.4) is 0 Å². The van der Waals surface area contributed by atoms with Gasteiger partial charge in [0.2, 0.25) is 0 Å². The van der Waals surface area contributed by atoms with Gasteiger partial charge in [0, 0.05) is 17.6 Å². The van der Waals surface area contributed by atoms with Crippen LogP contribution in [-0.4, -0.2) is 37.4 Å². The molecule has 0 fully saturated rings. The lowest BCUT2D eigenvalue weighted by Gasteiger charge is -2.21. The van der Waals surface area contributed by atoms with Gasteiger partial charge in [0.15, 0.2) is 6.61 Å². The van der Waals surface area contributed by atoms with Gasteiger partial charge in [0.05, 0.1) is 10.6 Å². The van der Waals surface area contributed by atoms with Crippen molar-refractivity contribution in [3.05, 3.63) is 33.8 Å². The molecule has 26 heavy (non-hydrogen) atoms. The van der Waals surface area contributed by atoms with Gasteiger partial charge in [-0.1, -0.05) is 37.0 Å². The van der Waals surface area contributed by atoms with Crippen LogP contribution in [0, 0.1) is 5.92 Å². The number of amides is 2. The molecule has 0 aliphatic carbocycles. The van der Waals surface area contributed by atoms with E-state index in [2.05, 4.69) is 15.4 Å². The van der Waals surface area contributed by atoms with E-state index in [1.165, 1.54) is 18.2 Å². The quantitative estimate of drug-likeness (QED) is 0.693. The third-order valence-corrected chi connectivity index (χ3v) is 3.68. The molecule has 146 valence electrons. The van der Waals surface area contributed by atoms with Crippen LogP contribution in [0.15, 0.2) is 18.2 Å². The van der Waals surface area contributed by atoms with Crippen molar-refractivity contribution in [1.29, 1.82) is 0 Å². The normalized spacial score (nSPS) is 12.6. The Morgan fingerprint density at radius 3 is 2.42 bits per heavy atom. The molecule has 1 rings (SSSR count). The lowest BCUT2D eigenvalue weighted by Crippen LogP contribution is -2.45. The fraction of sp³-hybridized carbons (Fsp3) is 0.500. The van der Waals surface area contributed by atoms with E-state index < -0.39 is 30.8 Å². The number of carbonyl (C=O) groups excluding carboxylic acids is 2. The zero-order valence-electron chi connectivity index (χ0n) is 14.1. The van der Waals surface area contributed by atoms with Crippen molar-refractivity contribution in [2.45, 2.75) is 32.5 Å². The third kappa shape index (κ3) is 8.62. The molecule has 0 bridgehead atoms. The van der Waals surface area contributed by atoms with Crippen molar-refractivity contribution in [3.8, 4) is 0 Å². The first-order chi connectivity index (χ1) is 12.0. The van der Waals surface area contributed by atoms with E-state index in [0.717, 1.165) is 0 Å². The smallest absolute Gasteiger partial charge is 0.422 e. The summed E-state index contributed by atoms with van der Waals surface area (Å²) >= 11 is 11.7. The molecule has 0 aliphatic rings. The maximum Gasteiger partial charge on any atom is 0.422 e. The maximum atomic E-state index is 12.2. The van der Waals surface area contributed by atoms with Gasteiger partial charge >= 0.3 is 12.3 Å². The van der Waals surface area contributed by atoms with Crippen molar-refractivity contribution in [2.75, 3.05) is 13.2 Å². The molecule has 0 radical (unpaired) electrons. The number of rotatable bonds is 7. The molecule has 0 spiro atoms. The molecule has 0 heterocycles. The molecule has 5 nitrogen and oxygen atoms in total. The van der Waals surface area contributed by atoms with E-state index in [0.29, 0.717) is 11.4 Å². The van der Waals surface area contributed by atoms with Crippen molar-refractivity contribution in [1.82, 2.24) is 10.6 Å². The van der Waals surface area contributed by atoms with Gasteiger partial charge < -0.3 is 15.4 Å². The Bertz CT molecular complexity index is 640.